The maximum Gasteiger partial charge on any atom is 0.185 e. The summed E-state index contributed by atoms with van der Waals surface area (Å²) in [5, 5.41) is 1.66. The molecule has 0 atom stereocenters. The molecule has 0 unspecified atom stereocenters. The number of ketones is 1. The number of anilines is 1. The number of hydrogen-bond acceptors (Lipinski definition) is 4. The van der Waals surface area contributed by atoms with Gasteiger partial charge < -0.3 is 5.73 Å². The van der Waals surface area contributed by atoms with Gasteiger partial charge in [0.1, 0.15) is 0 Å². The standard InChI is InChI=1S/C17H23N3.C11H10O.C8H18.C2H4/c1-3-5-9-16(18)17(4-2)20(19)15-11-10-13-7-6-8-14(13)12-15;1-3-9-5-7-10(8-6-9)11(12)4-2;1-4-7-8(5-2)6-3;1-2/h3-5,9-12H,6-8,18-19H2,1-2H3;3-8H,1-2H2;8H,4-7H2,1-3H3;1-2H2/b5-3-,16-9+,17-4-;;;. The number of rotatable bonds is 11. The number of hydrogen-bond donors (Lipinski definition) is 2. The highest BCUT2D eigenvalue weighted by molar-refractivity contribution is 6.04. The van der Waals surface area contributed by atoms with E-state index in [4.69, 9.17) is 11.6 Å². The zero-order valence-electron chi connectivity index (χ0n) is 26.9. The number of benzene rings is 2. The Morgan fingerprint density at radius 1 is 0.976 bits per heavy atom. The molecule has 1 aliphatic carbocycles. The Labute approximate surface area is 256 Å². The van der Waals surface area contributed by atoms with Crippen molar-refractivity contribution in [3.05, 3.63) is 133 Å². The molecule has 2 aromatic carbocycles. The third-order valence-electron chi connectivity index (χ3n) is 7.13. The van der Waals surface area contributed by atoms with Gasteiger partial charge in [-0.05, 0) is 80.0 Å². The lowest BCUT2D eigenvalue weighted by Crippen LogP contribution is -2.32. The second-order valence-electron chi connectivity index (χ2n) is 9.86. The highest BCUT2D eigenvalue weighted by Gasteiger charge is 2.15. The van der Waals surface area contributed by atoms with Crippen LogP contribution in [0.3, 0.4) is 0 Å². The molecule has 0 bridgehead atoms. The molecular weight excluding hydrogens is 514 g/mol. The van der Waals surface area contributed by atoms with Gasteiger partial charge in [0, 0.05) is 5.56 Å². The summed E-state index contributed by atoms with van der Waals surface area (Å²) in [6, 6.07) is 13.7. The maximum absolute atomic E-state index is 11.1. The Balaban J connectivity index is 0.000000650. The molecule has 0 radical (unpaired) electrons. The van der Waals surface area contributed by atoms with Gasteiger partial charge in [0.25, 0.3) is 0 Å². The van der Waals surface area contributed by atoms with Gasteiger partial charge >= 0.3 is 0 Å². The van der Waals surface area contributed by atoms with Crippen molar-refractivity contribution < 1.29 is 4.79 Å². The number of fused-ring (bicyclic) bond motifs is 1. The summed E-state index contributed by atoms with van der Waals surface area (Å²) in [6.07, 6.45) is 19.8. The zero-order chi connectivity index (χ0) is 31.9. The third-order valence-corrected chi connectivity index (χ3v) is 7.13. The Morgan fingerprint density at radius 3 is 2.07 bits per heavy atom. The SMILES string of the molecule is C=C.C=CC(=O)c1ccc(C=C)cc1.CCCC(CC)CC.C\C=C/C=C(N)\C(=C\C)N(N)c1ccc2c(c1)CCC2. The number of hydrazine groups is 1. The normalized spacial score (nSPS) is 12.2. The van der Waals surface area contributed by atoms with Crippen LogP contribution in [-0.2, 0) is 12.8 Å². The van der Waals surface area contributed by atoms with Crippen LogP contribution in [-0.4, -0.2) is 5.78 Å². The Hall–Kier alpha value is -3.89. The first-order chi connectivity index (χ1) is 20.3. The van der Waals surface area contributed by atoms with Crippen molar-refractivity contribution in [2.45, 2.75) is 79.6 Å². The quantitative estimate of drug-likeness (QED) is 0.0705. The van der Waals surface area contributed by atoms with Crippen LogP contribution >= 0.6 is 0 Å². The number of nitrogens with zero attached hydrogens (tertiary/aromatic N) is 1. The summed E-state index contributed by atoms with van der Waals surface area (Å²) in [6.45, 7) is 23.8. The molecule has 228 valence electrons. The summed E-state index contributed by atoms with van der Waals surface area (Å²) in [5.74, 6) is 7.19. The predicted molar refractivity (Wildman–Crippen MR) is 187 cm³/mol. The second kappa shape index (κ2) is 22.8. The molecule has 0 spiro atoms. The lowest BCUT2D eigenvalue weighted by molar-refractivity contribution is 0.104. The van der Waals surface area contributed by atoms with Crippen LogP contribution in [0.1, 0.15) is 93.8 Å². The topological polar surface area (TPSA) is 72.4 Å². The number of carbonyl (C=O) groups excluding carboxylic acids is 1. The van der Waals surface area contributed by atoms with Crippen molar-refractivity contribution >= 4 is 17.5 Å². The van der Waals surface area contributed by atoms with Crippen LogP contribution in [0.15, 0.2) is 111 Å². The molecule has 0 fully saturated rings. The van der Waals surface area contributed by atoms with E-state index in [1.807, 2.05) is 50.3 Å². The van der Waals surface area contributed by atoms with Gasteiger partial charge in [-0.15, -0.1) is 13.2 Å². The molecule has 4 heteroatoms. The largest absolute Gasteiger partial charge is 0.397 e. The number of nitrogens with two attached hydrogens (primary N) is 2. The lowest BCUT2D eigenvalue weighted by atomic mass is 9.98. The maximum atomic E-state index is 11.1. The molecule has 1 aliphatic rings. The molecule has 3 rings (SSSR count). The van der Waals surface area contributed by atoms with E-state index in [2.05, 4.69) is 65.3 Å². The fraction of sp³-hybridized carbons (Fsp3) is 0.342. The van der Waals surface area contributed by atoms with Gasteiger partial charge in [-0.25, -0.2) is 5.84 Å². The highest BCUT2D eigenvalue weighted by Crippen LogP contribution is 2.28. The first kappa shape index (κ1) is 38.1. The molecule has 0 saturated carbocycles. The second-order valence-corrected chi connectivity index (χ2v) is 9.86. The Kier molecular flexibility index (Phi) is 20.7. The van der Waals surface area contributed by atoms with E-state index in [9.17, 15) is 4.79 Å². The minimum Gasteiger partial charge on any atom is -0.397 e. The van der Waals surface area contributed by atoms with Crippen LogP contribution in [0.5, 0.6) is 0 Å². The fourth-order valence-corrected chi connectivity index (χ4v) is 4.58. The molecule has 2 aromatic rings. The van der Waals surface area contributed by atoms with Gasteiger partial charge in [-0.2, -0.15) is 0 Å². The smallest absolute Gasteiger partial charge is 0.185 e. The predicted octanol–water partition coefficient (Wildman–Crippen LogP) is 9.90. The van der Waals surface area contributed by atoms with Crippen molar-refractivity contribution in [2.24, 2.45) is 17.5 Å². The average molecular weight is 570 g/mol. The van der Waals surface area contributed by atoms with Gasteiger partial charge in [0.05, 0.1) is 17.1 Å². The minimum atomic E-state index is -0.0504. The Bertz CT molecular complexity index is 1170. The molecule has 4 nitrogen and oxygen atoms in total. The van der Waals surface area contributed by atoms with Crippen molar-refractivity contribution in [1.29, 1.82) is 0 Å². The molecule has 0 heterocycles. The highest BCUT2D eigenvalue weighted by atomic mass is 16.1. The summed E-state index contributed by atoms with van der Waals surface area (Å²) in [7, 11) is 0. The van der Waals surface area contributed by atoms with E-state index < -0.39 is 0 Å². The van der Waals surface area contributed by atoms with E-state index in [0.29, 0.717) is 11.3 Å². The molecule has 0 saturated heterocycles. The first-order valence-corrected chi connectivity index (χ1v) is 15.1. The van der Waals surface area contributed by atoms with Crippen molar-refractivity contribution in [3.63, 3.8) is 0 Å². The molecule has 42 heavy (non-hydrogen) atoms. The van der Waals surface area contributed by atoms with Crippen LogP contribution in [0.2, 0.25) is 0 Å². The van der Waals surface area contributed by atoms with Gasteiger partial charge in [-0.1, -0.05) is 114 Å². The van der Waals surface area contributed by atoms with E-state index in [1.54, 1.807) is 23.2 Å². The summed E-state index contributed by atoms with van der Waals surface area (Å²) < 4.78 is 0. The molecule has 4 N–H and O–H groups in total. The summed E-state index contributed by atoms with van der Waals surface area (Å²) >= 11 is 0. The monoisotopic (exact) mass is 569 g/mol. The first-order valence-electron chi connectivity index (χ1n) is 15.1. The zero-order valence-corrected chi connectivity index (χ0v) is 26.9. The summed E-state index contributed by atoms with van der Waals surface area (Å²) in [4.78, 5) is 11.1. The lowest BCUT2D eigenvalue weighted by Gasteiger charge is -2.23. The average Bonchev–Trinajstić information content (AvgIpc) is 3.52. The van der Waals surface area contributed by atoms with Crippen LogP contribution < -0.4 is 16.6 Å². The van der Waals surface area contributed by atoms with Crippen LogP contribution in [0.25, 0.3) is 6.08 Å². The van der Waals surface area contributed by atoms with Crippen molar-refractivity contribution in [3.8, 4) is 0 Å². The fourth-order valence-electron chi connectivity index (χ4n) is 4.58. The van der Waals surface area contributed by atoms with Crippen LogP contribution in [0.4, 0.5) is 5.69 Å². The third kappa shape index (κ3) is 13.2. The molecular formula is C38H55N3O. The minimum absolute atomic E-state index is 0.0504. The van der Waals surface area contributed by atoms with Gasteiger partial charge in [0.15, 0.2) is 5.78 Å². The molecule has 0 amide bonds. The van der Waals surface area contributed by atoms with E-state index in [0.717, 1.165) is 29.3 Å². The molecule has 0 aromatic heterocycles. The van der Waals surface area contributed by atoms with Gasteiger partial charge in [-0.3, -0.25) is 9.80 Å². The van der Waals surface area contributed by atoms with E-state index in [1.165, 1.54) is 55.7 Å². The van der Waals surface area contributed by atoms with Gasteiger partial charge in [0.2, 0.25) is 0 Å². The van der Waals surface area contributed by atoms with E-state index >= 15 is 0 Å². The van der Waals surface area contributed by atoms with Crippen molar-refractivity contribution in [2.75, 3.05) is 5.01 Å². The number of aryl methyl sites for hydroxylation is 2. The number of carbonyl (C=O) groups is 1. The number of allylic oxidation sites excluding steroid dienone is 5. The van der Waals surface area contributed by atoms with E-state index in [-0.39, 0.29) is 5.78 Å². The molecule has 0 aliphatic heterocycles. The van der Waals surface area contributed by atoms with Crippen LogP contribution in [0, 0.1) is 5.92 Å². The summed E-state index contributed by atoms with van der Waals surface area (Å²) in [5.41, 5.74) is 13.1. The van der Waals surface area contributed by atoms with Crippen molar-refractivity contribution in [1.82, 2.24) is 0 Å². The Morgan fingerprint density at radius 2 is 1.60 bits per heavy atom.